The predicted octanol–water partition coefficient (Wildman–Crippen LogP) is 2.80. The Kier molecular flexibility index (Phi) is 7.14. The van der Waals surface area contributed by atoms with Gasteiger partial charge in [0.2, 0.25) is 0 Å². The van der Waals surface area contributed by atoms with Crippen molar-refractivity contribution in [3.05, 3.63) is 59.7 Å². The van der Waals surface area contributed by atoms with E-state index in [1.54, 1.807) is 50.8 Å². The van der Waals surface area contributed by atoms with Gasteiger partial charge in [-0.2, -0.15) is 0 Å². The number of carbonyl (C=O) groups is 1. The summed E-state index contributed by atoms with van der Waals surface area (Å²) < 4.78 is 10.9. The van der Waals surface area contributed by atoms with E-state index < -0.39 is 0 Å². The Labute approximate surface area is 169 Å². The first-order valence-electron chi connectivity index (χ1n) is 8.47. The summed E-state index contributed by atoms with van der Waals surface area (Å²) in [5, 5.41) is 1.42. The highest BCUT2D eigenvalue weighted by molar-refractivity contribution is 6.09. The van der Waals surface area contributed by atoms with Gasteiger partial charge in [-0.1, -0.05) is 6.07 Å². The molecule has 0 saturated carbocycles. The van der Waals surface area contributed by atoms with Crippen LogP contribution in [0.5, 0.6) is 11.5 Å². The predicted molar refractivity (Wildman–Crippen MR) is 110 cm³/mol. The minimum absolute atomic E-state index is 0. The lowest BCUT2D eigenvalue weighted by Crippen LogP contribution is -2.26. The third-order valence-corrected chi connectivity index (χ3v) is 4.37. The molecule has 0 aliphatic rings. The molecule has 1 aromatic carbocycles. The van der Waals surface area contributed by atoms with Gasteiger partial charge < -0.3 is 20.1 Å². The van der Waals surface area contributed by atoms with Crippen LogP contribution in [0.4, 0.5) is 0 Å². The van der Waals surface area contributed by atoms with Crippen molar-refractivity contribution >= 4 is 29.1 Å². The van der Waals surface area contributed by atoms with Crippen molar-refractivity contribution in [2.24, 2.45) is 5.73 Å². The van der Waals surface area contributed by atoms with Gasteiger partial charge in [-0.3, -0.25) is 14.8 Å². The Balaban J connectivity index is 0.00000280. The van der Waals surface area contributed by atoms with Gasteiger partial charge in [0, 0.05) is 55.6 Å². The number of nitrogens with two attached hydrogens (primary N) is 1. The van der Waals surface area contributed by atoms with Crippen LogP contribution in [0, 0.1) is 0 Å². The number of amides is 1. The zero-order valence-electron chi connectivity index (χ0n) is 16.0. The molecule has 0 atom stereocenters. The molecule has 0 bridgehead atoms. The van der Waals surface area contributed by atoms with E-state index >= 15 is 0 Å². The van der Waals surface area contributed by atoms with Gasteiger partial charge in [-0.25, -0.2) is 0 Å². The molecular formula is C20H23ClN4O3. The second kappa shape index (κ2) is 9.34. The summed E-state index contributed by atoms with van der Waals surface area (Å²) >= 11 is 0. The van der Waals surface area contributed by atoms with E-state index in [0.29, 0.717) is 34.7 Å². The van der Waals surface area contributed by atoms with Gasteiger partial charge in [0.1, 0.15) is 11.5 Å². The van der Waals surface area contributed by atoms with E-state index in [9.17, 15) is 4.79 Å². The summed E-state index contributed by atoms with van der Waals surface area (Å²) in [6.07, 6.45) is 5.00. The molecule has 8 heteroatoms. The summed E-state index contributed by atoms with van der Waals surface area (Å²) in [6, 6.07) is 7.34. The lowest BCUT2D eigenvalue weighted by molar-refractivity contribution is 0.0786. The van der Waals surface area contributed by atoms with E-state index in [4.69, 9.17) is 15.2 Å². The molecule has 3 rings (SSSR count). The molecule has 2 N–H and O–H groups in total. The first kappa shape index (κ1) is 21.4. The number of methoxy groups -OCH3 is 2. The number of hydrogen-bond donors (Lipinski definition) is 1. The minimum Gasteiger partial charge on any atom is -0.497 e. The van der Waals surface area contributed by atoms with Crippen molar-refractivity contribution < 1.29 is 14.3 Å². The van der Waals surface area contributed by atoms with Crippen LogP contribution in [0.3, 0.4) is 0 Å². The van der Waals surface area contributed by atoms with Gasteiger partial charge in [-0.15, -0.1) is 12.4 Å². The van der Waals surface area contributed by atoms with Gasteiger partial charge in [0.15, 0.2) is 0 Å². The molecule has 1 amide bonds. The number of halogens is 1. The average molecular weight is 403 g/mol. The number of pyridine rings is 2. The van der Waals surface area contributed by atoms with E-state index in [-0.39, 0.29) is 24.9 Å². The topological polar surface area (TPSA) is 90.6 Å². The van der Waals surface area contributed by atoms with Crippen LogP contribution < -0.4 is 15.2 Å². The van der Waals surface area contributed by atoms with E-state index in [0.717, 1.165) is 10.9 Å². The number of nitrogens with zero attached hydrogens (tertiary/aromatic N) is 3. The Morgan fingerprint density at radius 3 is 2.61 bits per heavy atom. The largest absolute Gasteiger partial charge is 0.497 e. The molecule has 0 unspecified atom stereocenters. The van der Waals surface area contributed by atoms with Crippen molar-refractivity contribution in [1.29, 1.82) is 0 Å². The summed E-state index contributed by atoms with van der Waals surface area (Å²) in [5.74, 6) is 1.01. The number of fused-ring (bicyclic) bond motifs is 1. The first-order chi connectivity index (χ1) is 13.1. The summed E-state index contributed by atoms with van der Waals surface area (Å²) in [7, 11) is 4.88. The lowest BCUT2D eigenvalue weighted by atomic mass is 10.0. The first-order valence-corrected chi connectivity index (χ1v) is 8.47. The van der Waals surface area contributed by atoms with Crippen LogP contribution in [0.1, 0.15) is 21.6 Å². The van der Waals surface area contributed by atoms with Crippen molar-refractivity contribution in [2.45, 2.75) is 13.1 Å². The van der Waals surface area contributed by atoms with Gasteiger partial charge in [-0.05, 0) is 17.7 Å². The third kappa shape index (κ3) is 4.16. The molecule has 0 aliphatic heterocycles. The van der Waals surface area contributed by atoms with Crippen LogP contribution in [0.25, 0.3) is 10.8 Å². The zero-order chi connectivity index (χ0) is 19.4. The maximum absolute atomic E-state index is 13.1. The second-order valence-corrected chi connectivity index (χ2v) is 6.10. The number of benzene rings is 1. The minimum atomic E-state index is -0.157. The van der Waals surface area contributed by atoms with E-state index in [1.807, 2.05) is 18.2 Å². The Hall–Kier alpha value is -2.90. The van der Waals surface area contributed by atoms with E-state index in [2.05, 4.69) is 9.97 Å². The van der Waals surface area contributed by atoms with Crippen LogP contribution in [0.2, 0.25) is 0 Å². The number of carbonyl (C=O) groups excluding carboxylic acids is 1. The molecule has 148 valence electrons. The highest BCUT2D eigenvalue weighted by Gasteiger charge is 2.20. The molecule has 0 spiro atoms. The zero-order valence-corrected chi connectivity index (χ0v) is 16.8. The van der Waals surface area contributed by atoms with Crippen molar-refractivity contribution in [1.82, 2.24) is 14.9 Å². The molecule has 3 aromatic rings. The number of hydrogen-bond acceptors (Lipinski definition) is 6. The fraction of sp³-hybridized carbons (Fsp3) is 0.250. The lowest BCUT2D eigenvalue weighted by Gasteiger charge is -2.19. The molecule has 0 fully saturated rings. The second-order valence-electron chi connectivity index (χ2n) is 6.10. The summed E-state index contributed by atoms with van der Waals surface area (Å²) in [5.41, 5.74) is 7.92. The van der Waals surface area contributed by atoms with Gasteiger partial charge in [0.05, 0.1) is 25.5 Å². The normalized spacial score (nSPS) is 10.3. The molecular weight excluding hydrogens is 380 g/mol. The highest BCUT2D eigenvalue weighted by Crippen LogP contribution is 2.35. The highest BCUT2D eigenvalue weighted by atomic mass is 35.5. The standard InChI is InChI=1S/C20H22N4O3.ClH/c1-24(12-13-5-4-6-22-10-13)20(25)16-11-23-17(9-21)19-15(16)7-14(26-2)8-18(19)27-3;/h4-8,10-11H,9,12,21H2,1-3H3;1H. The number of aromatic nitrogens is 2. The van der Waals surface area contributed by atoms with E-state index in [1.165, 1.54) is 0 Å². The van der Waals surface area contributed by atoms with Crippen LogP contribution >= 0.6 is 12.4 Å². The maximum Gasteiger partial charge on any atom is 0.256 e. The summed E-state index contributed by atoms with van der Waals surface area (Å²) in [6.45, 7) is 0.674. The smallest absolute Gasteiger partial charge is 0.256 e. The quantitative estimate of drug-likeness (QED) is 0.681. The molecule has 28 heavy (non-hydrogen) atoms. The van der Waals surface area contributed by atoms with Crippen LogP contribution in [0.15, 0.2) is 42.9 Å². The monoisotopic (exact) mass is 402 g/mol. The van der Waals surface area contributed by atoms with Crippen molar-refractivity contribution in [2.75, 3.05) is 21.3 Å². The van der Waals surface area contributed by atoms with Crippen LogP contribution in [-0.2, 0) is 13.1 Å². The Morgan fingerprint density at radius 1 is 1.21 bits per heavy atom. The average Bonchev–Trinajstić information content (AvgIpc) is 2.72. The molecule has 2 heterocycles. The fourth-order valence-electron chi connectivity index (χ4n) is 3.02. The molecule has 2 aromatic heterocycles. The molecule has 0 aliphatic carbocycles. The van der Waals surface area contributed by atoms with Crippen LogP contribution in [-0.4, -0.2) is 42.0 Å². The van der Waals surface area contributed by atoms with Gasteiger partial charge in [0.25, 0.3) is 5.91 Å². The van der Waals surface area contributed by atoms with Crippen molar-refractivity contribution in [3.63, 3.8) is 0 Å². The maximum atomic E-state index is 13.1. The number of ether oxygens (including phenoxy) is 2. The van der Waals surface area contributed by atoms with Gasteiger partial charge >= 0.3 is 0 Å². The fourth-order valence-corrected chi connectivity index (χ4v) is 3.02. The van der Waals surface area contributed by atoms with Crippen molar-refractivity contribution in [3.8, 4) is 11.5 Å². The Morgan fingerprint density at radius 2 is 2.00 bits per heavy atom. The Bertz CT molecular complexity index is 967. The SMILES string of the molecule is COc1cc(OC)c2c(CN)ncc(C(=O)N(C)Cc3cccnc3)c2c1.Cl. The summed E-state index contributed by atoms with van der Waals surface area (Å²) in [4.78, 5) is 23.2. The molecule has 0 radical (unpaired) electrons. The number of rotatable bonds is 6. The third-order valence-electron chi connectivity index (χ3n) is 4.37. The molecule has 7 nitrogen and oxygen atoms in total. The molecule has 0 saturated heterocycles.